The van der Waals surface area contributed by atoms with Crippen molar-refractivity contribution in [2.45, 2.75) is 56.6 Å². The van der Waals surface area contributed by atoms with Gasteiger partial charge in [0, 0.05) is 12.5 Å². The van der Waals surface area contributed by atoms with E-state index in [4.69, 9.17) is 4.84 Å². The second-order valence-corrected chi connectivity index (χ2v) is 6.69. The number of carbonyl (C=O) groups excluding carboxylic acids is 1. The Bertz CT molecular complexity index is 683. The number of halogens is 1. The summed E-state index contributed by atoms with van der Waals surface area (Å²) in [5, 5.41) is 16.1. The summed E-state index contributed by atoms with van der Waals surface area (Å²) in [5.74, 6) is -1.95. The highest BCUT2D eigenvalue weighted by atomic mass is 19.1. The fraction of sp³-hybridized carbons (Fsp3) is 0.500. The molecule has 1 aromatic rings. The van der Waals surface area contributed by atoms with Gasteiger partial charge in [0.25, 0.3) is 5.91 Å². The summed E-state index contributed by atoms with van der Waals surface area (Å²) in [7, 11) is 0. The summed E-state index contributed by atoms with van der Waals surface area (Å²) in [6, 6.07) is 5.69. The maximum atomic E-state index is 13.1. The van der Waals surface area contributed by atoms with Gasteiger partial charge in [-0.1, -0.05) is 36.6 Å². The molecule has 0 radical (unpaired) electrons. The van der Waals surface area contributed by atoms with Gasteiger partial charge in [-0.05, 0) is 30.5 Å². The summed E-state index contributed by atoms with van der Waals surface area (Å²) >= 11 is 0. The van der Waals surface area contributed by atoms with Gasteiger partial charge in [0.1, 0.15) is 5.82 Å². The zero-order valence-electron chi connectivity index (χ0n) is 13.8. The second kappa shape index (κ2) is 7.21. The highest BCUT2D eigenvalue weighted by molar-refractivity contribution is 6.06. The first kappa shape index (κ1) is 17.4. The molecule has 1 aliphatic heterocycles. The van der Waals surface area contributed by atoms with Gasteiger partial charge in [-0.25, -0.2) is 4.39 Å². The molecule has 0 bridgehead atoms. The maximum absolute atomic E-state index is 13.1. The fourth-order valence-electron chi connectivity index (χ4n) is 3.38. The van der Waals surface area contributed by atoms with E-state index in [1.54, 1.807) is 0 Å². The van der Waals surface area contributed by atoms with Crippen molar-refractivity contribution < 1.29 is 23.9 Å². The van der Waals surface area contributed by atoms with E-state index in [0.29, 0.717) is 11.3 Å². The van der Waals surface area contributed by atoms with Gasteiger partial charge < -0.3 is 15.3 Å². The third-order valence-electron chi connectivity index (χ3n) is 4.75. The molecule has 1 fully saturated rings. The third-order valence-corrected chi connectivity index (χ3v) is 4.75. The van der Waals surface area contributed by atoms with Gasteiger partial charge in [0.2, 0.25) is 5.60 Å². The summed E-state index contributed by atoms with van der Waals surface area (Å²) in [5.41, 5.74) is -0.494. The number of amides is 1. The van der Waals surface area contributed by atoms with Gasteiger partial charge in [-0.3, -0.25) is 9.59 Å². The van der Waals surface area contributed by atoms with Gasteiger partial charge in [0.15, 0.2) is 0 Å². The normalized spacial score (nSPS) is 23.6. The molecule has 25 heavy (non-hydrogen) atoms. The molecule has 1 aromatic carbocycles. The Morgan fingerprint density at radius 3 is 2.56 bits per heavy atom. The van der Waals surface area contributed by atoms with Crippen molar-refractivity contribution in [1.29, 1.82) is 0 Å². The lowest BCUT2D eigenvalue weighted by Gasteiger charge is -2.29. The monoisotopic (exact) mass is 348 g/mol. The molecule has 0 spiro atoms. The molecule has 1 saturated carbocycles. The molecule has 2 aliphatic rings. The van der Waals surface area contributed by atoms with Crippen LogP contribution in [0.25, 0.3) is 0 Å². The molecule has 0 aromatic heterocycles. The molecule has 1 amide bonds. The molecular formula is C18H21FN2O4. The molecule has 3 rings (SSSR count). The number of benzene rings is 1. The Labute approximate surface area is 145 Å². The van der Waals surface area contributed by atoms with Crippen LogP contribution in [0.2, 0.25) is 0 Å². The fourth-order valence-corrected chi connectivity index (χ4v) is 3.38. The molecule has 0 unspecified atom stereocenters. The Hall–Kier alpha value is -2.44. The number of oxime groups is 1. The lowest BCUT2D eigenvalue weighted by molar-refractivity contribution is -0.156. The Morgan fingerprint density at radius 1 is 1.24 bits per heavy atom. The van der Waals surface area contributed by atoms with Crippen LogP contribution >= 0.6 is 0 Å². The first-order valence-corrected chi connectivity index (χ1v) is 8.52. The average Bonchev–Trinajstić information content (AvgIpc) is 3.01. The molecule has 7 heteroatoms. The Kier molecular flexibility index (Phi) is 5.01. The highest BCUT2D eigenvalue weighted by Crippen LogP contribution is 2.31. The van der Waals surface area contributed by atoms with Crippen molar-refractivity contribution in [1.82, 2.24) is 5.32 Å². The van der Waals surface area contributed by atoms with Crippen molar-refractivity contribution in [2.24, 2.45) is 5.16 Å². The predicted octanol–water partition coefficient (Wildman–Crippen LogP) is 2.61. The molecule has 2 N–H and O–H groups in total. The number of rotatable bonds is 5. The Balaban J connectivity index is 1.75. The Morgan fingerprint density at radius 2 is 1.92 bits per heavy atom. The minimum atomic E-state index is -1.55. The first-order valence-electron chi connectivity index (χ1n) is 8.52. The van der Waals surface area contributed by atoms with Crippen LogP contribution < -0.4 is 5.32 Å². The number of carboxylic acids is 1. The standard InChI is InChI=1S/C18H21FN2O4/c19-13-8-6-12(7-9-13)15-10-18(25-21-15,11-16(22)23)17(24)20-14-4-2-1-3-5-14/h6-9,14H,1-5,10-11H2,(H,20,24)(H,22,23)/t18-/m0/s1. The van der Waals surface area contributed by atoms with E-state index in [1.165, 1.54) is 24.3 Å². The van der Waals surface area contributed by atoms with Gasteiger partial charge in [0.05, 0.1) is 12.1 Å². The number of nitrogens with one attached hydrogen (secondary N) is 1. The van der Waals surface area contributed by atoms with E-state index >= 15 is 0 Å². The number of aliphatic carboxylic acids is 1. The van der Waals surface area contributed by atoms with Crippen LogP contribution in [0, 0.1) is 5.82 Å². The SMILES string of the molecule is O=C(O)C[C@]1(C(=O)NC2CCCCC2)CC(c2ccc(F)cc2)=NO1. The molecule has 6 nitrogen and oxygen atoms in total. The van der Waals surface area contributed by atoms with E-state index in [2.05, 4.69) is 10.5 Å². The quantitative estimate of drug-likeness (QED) is 0.856. The summed E-state index contributed by atoms with van der Waals surface area (Å²) < 4.78 is 13.1. The molecule has 1 aliphatic carbocycles. The van der Waals surface area contributed by atoms with E-state index in [-0.39, 0.29) is 18.3 Å². The van der Waals surface area contributed by atoms with Crippen LogP contribution in [0.15, 0.2) is 29.4 Å². The summed E-state index contributed by atoms with van der Waals surface area (Å²) in [4.78, 5) is 29.4. The number of carboxylic acid groups (broad SMARTS) is 1. The highest BCUT2D eigenvalue weighted by Gasteiger charge is 2.49. The number of nitrogens with zero attached hydrogens (tertiary/aromatic N) is 1. The molecule has 1 heterocycles. The zero-order valence-corrected chi connectivity index (χ0v) is 13.8. The van der Waals surface area contributed by atoms with E-state index in [0.717, 1.165) is 32.1 Å². The predicted molar refractivity (Wildman–Crippen MR) is 88.6 cm³/mol. The number of hydrogen-bond donors (Lipinski definition) is 2. The molecule has 1 atom stereocenters. The number of hydrogen-bond acceptors (Lipinski definition) is 4. The third kappa shape index (κ3) is 3.97. The van der Waals surface area contributed by atoms with Gasteiger partial charge in [-0.2, -0.15) is 0 Å². The first-order chi connectivity index (χ1) is 12.0. The lowest BCUT2D eigenvalue weighted by atomic mass is 9.88. The van der Waals surface area contributed by atoms with Crippen molar-refractivity contribution in [3.05, 3.63) is 35.6 Å². The van der Waals surface area contributed by atoms with Crippen LogP contribution in [-0.2, 0) is 14.4 Å². The van der Waals surface area contributed by atoms with Crippen molar-refractivity contribution in [3.8, 4) is 0 Å². The molecular weight excluding hydrogens is 327 g/mol. The van der Waals surface area contributed by atoms with Gasteiger partial charge >= 0.3 is 5.97 Å². The van der Waals surface area contributed by atoms with Crippen molar-refractivity contribution in [2.75, 3.05) is 0 Å². The zero-order chi connectivity index (χ0) is 17.9. The van der Waals surface area contributed by atoms with Crippen LogP contribution in [0.4, 0.5) is 4.39 Å². The van der Waals surface area contributed by atoms with Gasteiger partial charge in [-0.15, -0.1) is 0 Å². The maximum Gasteiger partial charge on any atom is 0.308 e. The number of carbonyl (C=O) groups is 2. The molecule has 134 valence electrons. The molecule has 0 saturated heterocycles. The minimum Gasteiger partial charge on any atom is -0.481 e. The van der Waals surface area contributed by atoms with E-state index < -0.39 is 23.9 Å². The van der Waals surface area contributed by atoms with E-state index in [1.807, 2.05) is 0 Å². The largest absolute Gasteiger partial charge is 0.481 e. The van der Waals surface area contributed by atoms with E-state index in [9.17, 15) is 19.1 Å². The van der Waals surface area contributed by atoms with Crippen molar-refractivity contribution >= 4 is 17.6 Å². The minimum absolute atomic E-state index is 0.0451. The van der Waals surface area contributed by atoms with Crippen LogP contribution in [0.1, 0.15) is 50.5 Å². The topological polar surface area (TPSA) is 88.0 Å². The smallest absolute Gasteiger partial charge is 0.308 e. The van der Waals surface area contributed by atoms with Crippen LogP contribution in [0.5, 0.6) is 0 Å². The average molecular weight is 348 g/mol. The van der Waals surface area contributed by atoms with Crippen LogP contribution in [0.3, 0.4) is 0 Å². The summed E-state index contributed by atoms with van der Waals surface area (Å²) in [6.07, 6.45) is 4.61. The summed E-state index contributed by atoms with van der Waals surface area (Å²) in [6.45, 7) is 0. The second-order valence-electron chi connectivity index (χ2n) is 6.69. The van der Waals surface area contributed by atoms with Crippen molar-refractivity contribution in [3.63, 3.8) is 0 Å². The van der Waals surface area contributed by atoms with Crippen LogP contribution in [-0.4, -0.2) is 34.3 Å². The lowest BCUT2D eigenvalue weighted by Crippen LogP contribution is -2.52.